The van der Waals surface area contributed by atoms with Gasteiger partial charge in [-0.15, -0.1) is 0 Å². The first-order valence-corrected chi connectivity index (χ1v) is 6.35. The van der Waals surface area contributed by atoms with Crippen molar-refractivity contribution in [3.63, 3.8) is 0 Å². The van der Waals surface area contributed by atoms with Gasteiger partial charge < -0.3 is 0 Å². The molecular formula is C17H13FN2. The molecule has 1 aromatic heterocycles. The van der Waals surface area contributed by atoms with E-state index in [-0.39, 0.29) is 5.82 Å². The highest BCUT2D eigenvalue weighted by Crippen LogP contribution is 2.24. The molecule has 3 rings (SSSR count). The summed E-state index contributed by atoms with van der Waals surface area (Å²) in [6.07, 6.45) is 5.53. The monoisotopic (exact) mass is 264 g/mol. The summed E-state index contributed by atoms with van der Waals surface area (Å²) >= 11 is 0. The highest BCUT2D eigenvalue weighted by Gasteiger charge is 2.05. The maximum Gasteiger partial charge on any atom is 0.123 e. The van der Waals surface area contributed by atoms with Crippen LogP contribution in [0.5, 0.6) is 0 Å². The fourth-order valence-electron chi connectivity index (χ4n) is 2.05. The Morgan fingerprint density at radius 3 is 2.25 bits per heavy atom. The molecule has 0 bridgehead atoms. The standard InChI is InChI=1S/C17H13FN2/c18-16-9-7-15(8-10-16)17(13-20-12-4-11-19-20)14-5-2-1-3-6-14/h1-13H/b17-13+. The van der Waals surface area contributed by atoms with Crippen molar-refractivity contribution in [1.29, 1.82) is 0 Å². The van der Waals surface area contributed by atoms with E-state index in [1.807, 2.05) is 48.8 Å². The first-order chi connectivity index (χ1) is 9.83. The van der Waals surface area contributed by atoms with Crippen LogP contribution in [0.15, 0.2) is 73.1 Å². The summed E-state index contributed by atoms with van der Waals surface area (Å²) in [5, 5.41) is 4.19. The number of hydrogen-bond donors (Lipinski definition) is 0. The molecule has 1 heterocycles. The number of benzene rings is 2. The van der Waals surface area contributed by atoms with Crippen LogP contribution >= 0.6 is 0 Å². The molecule has 20 heavy (non-hydrogen) atoms. The van der Waals surface area contributed by atoms with Crippen LogP contribution in [-0.2, 0) is 0 Å². The van der Waals surface area contributed by atoms with E-state index in [1.54, 1.807) is 23.0 Å². The molecule has 0 saturated carbocycles. The third-order valence-electron chi connectivity index (χ3n) is 3.03. The van der Waals surface area contributed by atoms with Crippen LogP contribution in [0, 0.1) is 5.82 Å². The van der Waals surface area contributed by atoms with Gasteiger partial charge >= 0.3 is 0 Å². The van der Waals surface area contributed by atoms with Gasteiger partial charge in [0.15, 0.2) is 0 Å². The van der Waals surface area contributed by atoms with Crippen molar-refractivity contribution in [3.8, 4) is 0 Å². The third-order valence-corrected chi connectivity index (χ3v) is 3.03. The zero-order valence-corrected chi connectivity index (χ0v) is 10.8. The van der Waals surface area contributed by atoms with Crippen molar-refractivity contribution in [3.05, 3.63) is 90.0 Å². The molecule has 0 aliphatic rings. The van der Waals surface area contributed by atoms with Gasteiger partial charge in [-0.25, -0.2) is 9.07 Å². The normalized spacial score (nSPS) is 11.6. The van der Waals surface area contributed by atoms with Gasteiger partial charge in [0.05, 0.1) is 0 Å². The minimum atomic E-state index is -0.236. The number of hydrogen-bond acceptors (Lipinski definition) is 1. The molecule has 0 spiro atoms. The molecule has 0 fully saturated rings. The van der Waals surface area contributed by atoms with Gasteiger partial charge in [-0.3, -0.25) is 0 Å². The minimum Gasteiger partial charge on any atom is -0.248 e. The molecule has 0 N–H and O–H groups in total. The summed E-state index contributed by atoms with van der Waals surface area (Å²) in [5.41, 5.74) is 3.01. The zero-order valence-electron chi connectivity index (χ0n) is 10.8. The fourth-order valence-corrected chi connectivity index (χ4v) is 2.05. The molecule has 0 atom stereocenters. The molecule has 0 amide bonds. The van der Waals surface area contributed by atoms with E-state index in [0.29, 0.717) is 0 Å². The Hall–Kier alpha value is -2.68. The molecule has 3 heteroatoms. The Morgan fingerprint density at radius 1 is 0.900 bits per heavy atom. The van der Waals surface area contributed by atoms with E-state index in [1.165, 1.54) is 12.1 Å². The fraction of sp³-hybridized carbons (Fsp3) is 0. The summed E-state index contributed by atoms with van der Waals surface area (Å²) in [4.78, 5) is 0. The summed E-state index contributed by atoms with van der Waals surface area (Å²) in [6.45, 7) is 0. The lowest BCUT2D eigenvalue weighted by molar-refractivity contribution is 0.627. The first kappa shape index (κ1) is 12.4. The predicted octanol–water partition coefficient (Wildman–Crippen LogP) is 4.07. The van der Waals surface area contributed by atoms with Gasteiger partial charge in [-0.05, 0) is 29.3 Å². The summed E-state index contributed by atoms with van der Waals surface area (Å²) in [6, 6.07) is 18.3. The summed E-state index contributed by atoms with van der Waals surface area (Å²) < 4.78 is 14.8. The average molecular weight is 264 g/mol. The van der Waals surface area contributed by atoms with E-state index >= 15 is 0 Å². The van der Waals surface area contributed by atoms with Crippen LogP contribution in [0.1, 0.15) is 11.1 Å². The largest absolute Gasteiger partial charge is 0.248 e. The Kier molecular flexibility index (Phi) is 3.42. The average Bonchev–Trinajstić information content (AvgIpc) is 3.00. The molecule has 0 radical (unpaired) electrons. The molecule has 2 nitrogen and oxygen atoms in total. The quantitative estimate of drug-likeness (QED) is 0.697. The van der Waals surface area contributed by atoms with Crippen molar-refractivity contribution < 1.29 is 4.39 Å². The highest BCUT2D eigenvalue weighted by atomic mass is 19.1. The lowest BCUT2D eigenvalue weighted by atomic mass is 9.99. The van der Waals surface area contributed by atoms with Gasteiger partial charge in [0.25, 0.3) is 0 Å². The summed E-state index contributed by atoms with van der Waals surface area (Å²) in [7, 11) is 0. The van der Waals surface area contributed by atoms with Crippen LogP contribution in [0.2, 0.25) is 0 Å². The number of halogens is 1. The second-order valence-electron chi connectivity index (χ2n) is 4.40. The van der Waals surface area contributed by atoms with Crippen molar-refractivity contribution in [1.82, 2.24) is 9.78 Å². The minimum absolute atomic E-state index is 0.236. The number of rotatable bonds is 3. The summed E-state index contributed by atoms with van der Waals surface area (Å²) in [5.74, 6) is -0.236. The molecule has 0 aliphatic heterocycles. The molecular weight excluding hydrogens is 251 g/mol. The van der Waals surface area contributed by atoms with Gasteiger partial charge in [0.1, 0.15) is 5.82 Å². The molecule has 98 valence electrons. The Morgan fingerprint density at radius 2 is 1.60 bits per heavy atom. The van der Waals surface area contributed by atoms with Crippen LogP contribution in [0.25, 0.3) is 11.8 Å². The maximum atomic E-state index is 13.1. The molecule has 0 unspecified atom stereocenters. The number of aromatic nitrogens is 2. The van der Waals surface area contributed by atoms with Crippen molar-refractivity contribution >= 4 is 11.8 Å². The smallest absolute Gasteiger partial charge is 0.123 e. The lowest BCUT2D eigenvalue weighted by Gasteiger charge is -2.08. The first-order valence-electron chi connectivity index (χ1n) is 6.35. The van der Waals surface area contributed by atoms with Crippen LogP contribution in [0.4, 0.5) is 4.39 Å². The highest BCUT2D eigenvalue weighted by molar-refractivity contribution is 5.87. The predicted molar refractivity (Wildman–Crippen MR) is 78.3 cm³/mol. The zero-order chi connectivity index (χ0) is 13.8. The maximum absolute atomic E-state index is 13.1. The van der Waals surface area contributed by atoms with Crippen molar-refractivity contribution in [2.24, 2.45) is 0 Å². The molecule has 0 saturated heterocycles. The van der Waals surface area contributed by atoms with Crippen LogP contribution in [-0.4, -0.2) is 9.78 Å². The third kappa shape index (κ3) is 2.67. The van der Waals surface area contributed by atoms with E-state index < -0.39 is 0 Å². The van der Waals surface area contributed by atoms with Crippen molar-refractivity contribution in [2.45, 2.75) is 0 Å². The van der Waals surface area contributed by atoms with E-state index in [9.17, 15) is 4.39 Å². The van der Waals surface area contributed by atoms with E-state index in [2.05, 4.69) is 5.10 Å². The second kappa shape index (κ2) is 5.53. The van der Waals surface area contributed by atoms with Crippen molar-refractivity contribution in [2.75, 3.05) is 0 Å². The number of nitrogens with zero attached hydrogens (tertiary/aromatic N) is 2. The Bertz CT molecular complexity index is 699. The topological polar surface area (TPSA) is 17.8 Å². The van der Waals surface area contributed by atoms with Gasteiger partial charge in [-0.1, -0.05) is 42.5 Å². The Labute approximate surface area is 116 Å². The van der Waals surface area contributed by atoms with Crippen LogP contribution < -0.4 is 0 Å². The van der Waals surface area contributed by atoms with Gasteiger partial charge in [-0.2, -0.15) is 5.10 Å². The van der Waals surface area contributed by atoms with Crippen LogP contribution in [0.3, 0.4) is 0 Å². The van der Waals surface area contributed by atoms with E-state index in [4.69, 9.17) is 0 Å². The second-order valence-corrected chi connectivity index (χ2v) is 4.40. The van der Waals surface area contributed by atoms with E-state index in [0.717, 1.165) is 16.7 Å². The van der Waals surface area contributed by atoms with Gasteiger partial charge in [0, 0.05) is 24.2 Å². The molecule has 3 aromatic rings. The van der Waals surface area contributed by atoms with Gasteiger partial charge in [0.2, 0.25) is 0 Å². The molecule has 2 aromatic carbocycles. The SMILES string of the molecule is Fc1ccc(/C(=C/n2cccn2)c2ccccc2)cc1. The Balaban J connectivity index is 2.11. The molecule has 0 aliphatic carbocycles. The lowest BCUT2D eigenvalue weighted by Crippen LogP contribution is -1.93.